The second kappa shape index (κ2) is 4.23. The molecule has 0 radical (unpaired) electrons. The van der Waals surface area contributed by atoms with E-state index < -0.39 is 5.97 Å². The lowest BCUT2D eigenvalue weighted by atomic mass is 10.1. The van der Waals surface area contributed by atoms with Crippen LogP contribution in [0.5, 0.6) is 0 Å². The Balaban J connectivity index is 2.16. The van der Waals surface area contributed by atoms with E-state index in [-0.39, 0.29) is 0 Å². The summed E-state index contributed by atoms with van der Waals surface area (Å²) < 4.78 is 9.76. The minimum atomic E-state index is -0.443. The van der Waals surface area contributed by atoms with Gasteiger partial charge in [-0.2, -0.15) is 0 Å². The van der Waals surface area contributed by atoms with E-state index in [4.69, 9.17) is 9.15 Å². The van der Waals surface area contributed by atoms with Gasteiger partial charge in [-0.3, -0.25) is 0 Å². The van der Waals surface area contributed by atoms with Crippen LogP contribution in [0.15, 0.2) is 23.0 Å². The molecule has 2 aromatic rings. The van der Waals surface area contributed by atoms with Crippen LogP contribution in [0.25, 0.3) is 11.4 Å². The largest absolute Gasteiger partial charge is 0.472 e. The number of methoxy groups -OCH3 is 1. The van der Waals surface area contributed by atoms with Gasteiger partial charge in [0, 0.05) is 18.7 Å². The zero-order valence-corrected chi connectivity index (χ0v) is 9.77. The fourth-order valence-electron chi connectivity index (χ4n) is 1.95. The van der Waals surface area contributed by atoms with Gasteiger partial charge in [0.15, 0.2) is 11.5 Å². The number of esters is 1. The van der Waals surface area contributed by atoms with Crippen LogP contribution in [-0.4, -0.2) is 23.0 Å². The Kier molecular flexibility index (Phi) is 2.56. The number of nitrogens with zero attached hydrogens (tertiary/aromatic N) is 2. The zero-order valence-electron chi connectivity index (χ0n) is 9.77. The maximum Gasteiger partial charge on any atom is 0.357 e. The number of carbonyl (C=O) groups is 1. The van der Waals surface area contributed by atoms with Crippen LogP contribution in [0, 0.1) is 0 Å². The van der Waals surface area contributed by atoms with Gasteiger partial charge >= 0.3 is 5.97 Å². The molecule has 0 saturated heterocycles. The Bertz CT molecular complexity index is 593. The van der Waals surface area contributed by atoms with Crippen molar-refractivity contribution in [1.29, 1.82) is 0 Å². The lowest BCUT2D eigenvalue weighted by Crippen LogP contribution is -2.11. The SMILES string of the molecule is COC(=O)c1nc(-c2ccoc2)nc2c1CNC2. The van der Waals surface area contributed by atoms with Crippen LogP contribution in [0.4, 0.5) is 0 Å². The van der Waals surface area contributed by atoms with Crippen molar-refractivity contribution in [3.63, 3.8) is 0 Å². The lowest BCUT2D eigenvalue weighted by molar-refractivity contribution is 0.0592. The van der Waals surface area contributed by atoms with Crippen molar-refractivity contribution >= 4 is 5.97 Å². The summed E-state index contributed by atoms with van der Waals surface area (Å²) in [5.41, 5.74) is 2.72. The molecule has 0 spiro atoms. The fourth-order valence-corrected chi connectivity index (χ4v) is 1.95. The van der Waals surface area contributed by atoms with E-state index in [1.54, 1.807) is 18.6 Å². The average molecular weight is 245 g/mol. The monoisotopic (exact) mass is 245 g/mol. The first-order chi connectivity index (χ1) is 8.79. The minimum absolute atomic E-state index is 0.323. The first-order valence-electron chi connectivity index (χ1n) is 5.51. The summed E-state index contributed by atoms with van der Waals surface area (Å²) in [6, 6.07) is 1.76. The number of ether oxygens (including phenoxy) is 1. The van der Waals surface area contributed by atoms with Gasteiger partial charge in [0.25, 0.3) is 0 Å². The van der Waals surface area contributed by atoms with E-state index in [0.29, 0.717) is 24.6 Å². The van der Waals surface area contributed by atoms with Gasteiger partial charge in [-0.25, -0.2) is 14.8 Å². The predicted molar refractivity (Wildman–Crippen MR) is 61.6 cm³/mol. The van der Waals surface area contributed by atoms with E-state index in [1.807, 2.05) is 0 Å². The Hall–Kier alpha value is -2.21. The lowest BCUT2D eigenvalue weighted by Gasteiger charge is -2.06. The molecule has 0 atom stereocenters. The van der Waals surface area contributed by atoms with Crippen LogP contribution in [-0.2, 0) is 17.8 Å². The van der Waals surface area contributed by atoms with Gasteiger partial charge < -0.3 is 14.5 Å². The molecule has 0 aliphatic carbocycles. The van der Waals surface area contributed by atoms with Crippen LogP contribution in [0.3, 0.4) is 0 Å². The molecule has 1 aliphatic rings. The third-order valence-corrected chi connectivity index (χ3v) is 2.85. The summed E-state index contributed by atoms with van der Waals surface area (Å²) in [5.74, 6) is 0.0358. The number of aromatic nitrogens is 2. The van der Waals surface area contributed by atoms with Crippen LogP contribution >= 0.6 is 0 Å². The van der Waals surface area contributed by atoms with Crippen molar-refractivity contribution in [2.24, 2.45) is 0 Å². The molecule has 0 amide bonds. The molecular weight excluding hydrogens is 234 g/mol. The van der Waals surface area contributed by atoms with Crippen molar-refractivity contribution in [2.75, 3.05) is 7.11 Å². The van der Waals surface area contributed by atoms with E-state index in [1.165, 1.54) is 7.11 Å². The first kappa shape index (κ1) is 10.9. The van der Waals surface area contributed by atoms with Crippen LogP contribution in [0.2, 0.25) is 0 Å². The third-order valence-electron chi connectivity index (χ3n) is 2.85. The maximum atomic E-state index is 11.7. The van der Waals surface area contributed by atoms with Crippen molar-refractivity contribution in [1.82, 2.24) is 15.3 Å². The average Bonchev–Trinajstić information content (AvgIpc) is 3.06. The molecule has 0 fully saturated rings. The highest BCUT2D eigenvalue weighted by atomic mass is 16.5. The van der Waals surface area contributed by atoms with Crippen molar-refractivity contribution in [2.45, 2.75) is 13.1 Å². The van der Waals surface area contributed by atoms with Gasteiger partial charge in [0.2, 0.25) is 0 Å². The van der Waals surface area contributed by atoms with E-state index >= 15 is 0 Å². The van der Waals surface area contributed by atoms with Crippen LogP contribution < -0.4 is 5.32 Å². The second-order valence-corrected chi connectivity index (χ2v) is 3.93. The first-order valence-corrected chi connectivity index (χ1v) is 5.51. The number of rotatable bonds is 2. The van der Waals surface area contributed by atoms with Crippen molar-refractivity contribution in [3.8, 4) is 11.4 Å². The van der Waals surface area contributed by atoms with Gasteiger partial charge in [-0.15, -0.1) is 0 Å². The Morgan fingerprint density at radius 2 is 2.33 bits per heavy atom. The highest BCUT2D eigenvalue weighted by Gasteiger charge is 2.24. The zero-order chi connectivity index (χ0) is 12.5. The summed E-state index contributed by atoms with van der Waals surface area (Å²) in [4.78, 5) is 20.4. The summed E-state index contributed by atoms with van der Waals surface area (Å²) in [7, 11) is 1.34. The van der Waals surface area contributed by atoms with Crippen molar-refractivity contribution < 1.29 is 13.9 Å². The van der Waals surface area contributed by atoms with Crippen molar-refractivity contribution in [3.05, 3.63) is 35.5 Å². The molecule has 1 aliphatic heterocycles. The van der Waals surface area contributed by atoms with Crippen LogP contribution in [0.1, 0.15) is 21.7 Å². The second-order valence-electron chi connectivity index (χ2n) is 3.93. The predicted octanol–water partition coefficient (Wildman–Crippen LogP) is 1.13. The molecule has 18 heavy (non-hydrogen) atoms. The smallest absolute Gasteiger partial charge is 0.357 e. The molecule has 6 nitrogen and oxygen atoms in total. The highest BCUT2D eigenvalue weighted by molar-refractivity contribution is 5.89. The quantitative estimate of drug-likeness (QED) is 0.799. The van der Waals surface area contributed by atoms with Gasteiger partial charge in [0.1, 0.15) is 6.26 Å². The molecule has 92 valence electrons. The number of hydrogen-bond acceptors (Lipinski definition) is 6. The number of fused-ring (bicyclic) bond motifs is 1. The van der Waals surface area contributed by atoms with E-state index in [2.05, 4.69) is 15.3 Å². The Morgan fingerprint density at radius 3 is 3.06 bits per heavy atom. The van der Waals surface area contributed by atoms with Gasteiger partial charge in [-0.05, 0) is 6.07 Å². The Labute approximate surface area is 103 Å². The maximum absolute atomic E-state index is 11.7. The number of furan rings is 1. The molecule has 0 unspecified atom stereocenters. The summed E-state index contributed by atoms with van der Waals surface area (Å²) in [6.07, 6.45) is 3.09. The third kappa shape index (κ3) is 1.67. The molecule has 6 heteroatoms. The van der Waals surface area contributed by atoms with E-state index in [0.717, 1.165) is 16.8 Å². The standard InChI is InChI=1S/C12H11N3O3/c1-17-12(16)10-8-4-13-5-9(8)14-11(15-10)7-2-3-18-6-7/h2-3,6,13H,4-5H2,1H3. The molecular formula is C12H11N3O3. The highest BCUT2D eigenvalue weighted by Crippen LogP contribution is 2.23. The number of nitrogens with one attached hydrogen (secondary N) is 1. The number of carbonyl (C=O) groups excluding carboxylic acids is 1. The summed E-state index contributed by atoms with van der Waals surface area (Å²) >= 11 is 0. The molecule has 0 aromatic carbocycles. The van der Waals surface area contributed by atoms with E-state index in [9.17, 15) is 4.79 Å². The minimum Gasteiger partial charge on any atom is -0.472 e. The fraction of sp³-hybridized carbons (Fsp3) is 0.250. The molecule has 0 bridgehead atoms. The van der Waals surface area contributed by atoms with Gasteiger partial charge in [0.05, 0.1) is 24.6 Å². The normalized spacial score (nSPS) is 13.4. The molecule has 1 N–H and O–H groups in total. The summed E-state index contributed by atoms with van der Waals surface area (Å²) in [6.45, 7) is 1.22. The molecule has 0 saturated carbocycles. The summed E-state index contributed by atoms with van der Waals surface area (Å²) in [5, 5.41) is 3.15. The number of hydrogen-bond donors (Lipinski definition) is 1. The van der Waals surface area contributed by atoms with Gasteiger partial charge in [-0.1, -0.05) is 0 Å². The topological polar surface area (TPSA) is 77.2 Å². The molecule has 3 rings (SSSR count). The molecule has 2 aromatic heterocycles. The molecule has 3 heterocycles. The Morgan fingerprint density at radius 1 is 1.44 bits per heavy atom.